The molecule has 0 aromatic heterocycles. The average molecular weight is 411 g/mol. The van der Waals surface area contributed by atoms with Gasteiger partial charge in [-0.1, -0.05) is 54.1 Å². The number of hydrogen-bond acceptors (Lipinski definition) is 4. The predicted molar refractivity (Wildman–Crippen MR) is 110 cm³/mol. The monoisotopic (exact) mass is 410 g/mol. The van der Waals surface area contributed by atoms with Crippen molar-refractivity contribution in [3.05, 3.63) is 95.0 Å². The summed E-state index contributed by atoms with van der Waals surface area (Å²) in [5.74, 6) is -0.0828. The Labute approximate surface area is 173 Å². The summed E-state index contributed by atoms with van der Waals surface area (Å²) in [5, 5.41) is 0.571. The van der Waals surface area contributed by atoms with Crippen LogP contribution in [0.3, 0.4) is 0 Å². The molecular formula is C22H19ClN2O4. The van der Waals surface area contributed by atoms with Crippen molar-refractivity contribution in [2.75, 3.05) is 6.61 Å². The Morgan fingerprint density at radius 3 is 2.24 bits per heavy atom. The van der Waals surface area contributed by atoms with E-state index in [1.165, 1.54) is 0 Å². The Hall–Kier alpha value is -3.51. The zero-order valence-corrected chi connectivity index (χ0v) is 16.2. The Morgan fingerprint density at radius 2 is 1.48 bits per heavy atom. The lowest BCUT2D eigenvalue weighted by Gasteiger charge is -2.12. The number of benzene rings is 3. The largest absolute Gasteiger partial charge is 0.488 e. The number of amides is 2. The Kier molecular flexibility index (Phi) is 7.08. The first-order chi connectivity index (χ1) is 14.1. The van der Waals surface area contributed by atoms with Gasteiger partial charge in [-0.3, -0.25) is 20.4 Å². The van der Waals surface area contributed by atoms with E-state index in [0.29, 0.717) is 28.7 Å². The van der Waals surface area contributed by atoms with Crippen molar-refractivity contribution in [3.8, 4) is 11.5 Å². The maximum atomic E-state index is 12.4. The molecule has 6 nitrogen and oxygen atoms in total. The normalized spacial score (nSPS) is 10.1. The lowest BCUT2D eigenvalue weighted by atomic mass is 10.2. The second kappa shape index (κ2) is 10.1. The van der Waals surface area contributed by atoms with E-state index in [4.69, 9.17) is 21.1 Å². The van der Waals surface area contributed by atoms with Crippen LogP contribution in [0.25, 0.3) is 0 Å². The van der Waals surface area contributed by atoms with E-state index in [1.54, 1.807) is 48.5 Å². The summed E-state index contributed by atoms with van der Waals surface area (Å²) in [6, 6.07) is 23.0. The number of hydrogen-bond donors (Lipinski definition) is 2. The molecule has 0 fully saturated rings. The Morgan fingerprint density at radius 1 is 0.793 bits per heavy atom. The summed E-state index contributed by atoms with van der Waals surface area (Å²) in [6.07, 6.45) is 0. The van der Waals surface area contributed by atoms with Gasteiger partial charge in [-0.15, -0.1) is 0 Å². The maximum Gasteiger partial charge on any atom is 0.276 e. The van der Waals surface area contributed by atoms with Crippen molar-refractivity contribution in [3.63, 3.8) is 0 Å². The van der Waals surface area contributed by atoms with E-state index < -0.39 is 11.8 Å². The molecule has 7 heteroatoms. The smallest absolute Gasteiger partial charge is 0.276 e. The minimum absolute atomic E-state index is 0.256. The second-order valence-corrected chi connectivity index (χ2v) is 6.45. The number of para-hydroxylation sites is 1. The van der Waals surface area contributed by atoms with Gasteiger partial charge in [0.2, 0.25) is 0 Å². The van der Waals surface area contributed by atoms with E-state index in [-0.39, 0.29) is 6.61 Å². The molecule has 0 aliphatic rings. The highest BCUT2D eigenvalue weighted by Gasteiger charge is 2.13. The van der Waals surface area contributed by atoms with Gasteiger partial charge in [-0.05, 0) is 42.0 Å². The van der Waals surface area contributed by atoms with E-state index in [9.17, 15) is 9.59 Å². The van der Waals surface area contributed by atoms with Gasteiger partial charge < -0.3 is 9.47 Å². The first-order valence-electron chi connectivity index (χ1n) is 8.85. The number of carbonyl (C=O) groups excluding carboxylic acids is 2. The van der Waals surface area contributed by atoms with Crippen LogP contribution in [0.5, 0.6) is 11.5 Å². The van der Waals surface area contributed by atoms with Gasteiger partial charge in [0.1, 0.15) is 18.1 Å². The van der Waals surface area contributed by atoms with Crippen molar-refractivity contribution < 1.29 is 19.1 Å². The third kappa shape index (κ3) is 6.26. The molecule has 0 aliphatic carbocycles. The number of carbonyl (C=O) groups is 2. The molecule has 0 spiro atoms. The summed E-state index contributed by atoms with van der Waals surface area (Å²) < 4.78 is 11.1. The molecule has 0 atom stereocenters. The van der Waals surface area contributed by atoms with Crippen LogP contribution in [0, 0.1) is 0 Å². The van der Waals surface area contributed by atoms with Gasteiger partial charge >= 0.3 is 0 Å². The van der Waals surface area contributed by atoms with E-state index in [0.717, 1.165) is 5.56 Å². The lowest BCUT2D eigenvalue weighted by Crippen LogP contribution is -2.43. The minimum Gasteiger partial charge on any atom is -0.488 e. The second-order valence-electron chi connectivity index (χ2n) is 6.02. The standard InChI is InChI=1S/C22H19ClN2O4/c23-17-10-12-18(13-11-17)28-15-21(26)24-25-22(27)19-8-4-5-9-20(19)29-14-16-6-2-1-3-7-16/h1-13H,14-15H2,(H,24,26)(H,25,27). The summed E-state index contributed by atoms with van der Waals surface area (Å²) >= 11 is 5.79. The molecule has 0 bridgehead atoms. The zero-order valence-electron chi connectivity index (χ0n) is 15.4. The molecule has 0 unspecified atom stereocenters. The third-order valence-corrected chi connectivity index (χ3v) is 4.12. The quantitative estimate of drug-likeness (QED) is 0.581. The fourth-order valence-corrected chi connectivity index (χ4v) is 2.55. The average Bonchev–Trinajstić information content (AvgIpc) is 2.76. The lowest BCUT2D eigenvalue weighted by molar-refractivity contribution is -0.123. The number of ether oxygens (including phenoxy) is 2. The van der Waals surface area contributed by atoms with Crippen molar-refractivity contribution in [2.45, 2.75) is 6.61 Å². The third-order valence-electron chi connectivity index (χ3n) is 3.87. The number of hydrazine groups is 1. The fraction of sp³-hybridized carbons (Fsp3) is 0.0909. The molecule has 29 heavy (non-hydrogen) atoms. The van der Waals surface area contributed by atoms with Crippen LogP contribution in [0.15, 0.2) is 78.9 Å². The summed E-state index contributed by atoms with van der Waals surface area (Å²) in [5.41, 5.74) is 5.97. The molecule has 148 valence electrons. The number of rotatable bonds is 7. The summed E-state index contributed by atoms with van der Waals surface area (Å²) in [4.78, 5) is 24.3. The van der Waals surface area contributed by atoms with Gasteiger partial charge in [0.05, 0.1) is 5.56 Å². The molecule has 0 radical (unpaired) electrons. The first kappa shape index (κ1) is 20.2. The zero-order chi connectivity index (χ0) is 20.5. The summed E-state index contributed by atoms with van der Waals surface area (Å²) in [6.45, 7) is 0.0699. The highest BCUT2D eigenvalue weighted by Crippen LogP contribution is 2.19. The molecule has 3 rings (SSSR count). The highest BCUT2D eigenvalue weighted by molar-refractivity contribution is 6.30. The van der Waals surface area contributed by atoms with Crippen LogP contribution >= 0.6 is 11.6 Å². The molecule has 0 saturated heterocycles. The minimum atomic E-state index is -0.504. The molecule has 0 aliphatic heterocycles. The Balaban J connectivity index is 1.51. The highest BCUT2D eigenvalue weighted by atomic mass is 35.5. The molecule has 0 saturated carbocycles. The maximum absolute atomic E-state index is 12.4. The number of halogens is 1. The fourth-order valence-electron chi connectivity index (χ4n) is 2.43. The van der Waals surface area contributed by atoms with Crippen LogP contribution in [0.2, 0.25) is 5.02 Å². The van der Waals surface area contributed by atoms with E-state index in [2.05, 4.69) is 10.9 Å². The Bertz CT molecular complexity index is 962. The van der Waals surface area contributed by atoms with E-state index in [1.807, 2.05) is 30.3 Å². The molecule has 2 N–H and O–H groups in total. The van der Waals surface area contributed by atoms with Crippen LogP contribution in [-0.2, 0) is 11.4 Å². The van der Waals surface area contributed by atoms with Crippen LogP contribution < -0.4 is 20.3 Å². The molecule has 3 aromatic rings. The molecule has 3 aromatic carbocycles. The van der Waals surface area contributed by atoms with Gasteiger partial charge in [-0.2, -0.15) is 0 Å². The van der Waals surface area contributed by atoms with Gasteiger partial charge in [0.15, 0.2) is 6.61 Å². The predicted octanol–water partition coefficient (Wildman–Crippen LogP) is 3.76. The van der Waals surface area contributed by atoms with Crippen molar-refractivity contribution in [1.29, 1.82) is 0 Å². The molecular weight excluding hydrogens is 392 g/mol. The van der Waals surface area contributed by atoms with Crippen LogP contribution in [-0.4, -0.2) is 18.4 Å². The van der Waals surface area contributed by atoms with Crippen molar-refractivity contribution in [1.82, 2.24) is 10.9 Å². The first-order valence-corrected chi connectivity index (χ1v) is 9.23. The topological polar surface area (TPSA) is 76.7 Å². The van der Waals surface area contributed by atoms with Gasteiger partial charge in [-0.25, -0.2) is 0 Å². The van der Waals surface area contributed by atoms with Gasteiger partial charge in [0.25, 0.3) is 11.8 Å². The number of nitrogens with one attached hydrogen (secondary N) is 2. The van der Waals surface area contributed by atoms with Gasteiger partial charge in [0, 0.05) is 5.02 Å². The summed E-state index contributed by atoms with van der Waals surface area (Å²) in [7, 11) is 0. The van der Waals surface area contributed by atoms with Crippen LogP contribution in [0.1, 0.15) is 15.9 Å². The molecule has 2 amide bonds. The molecule has 0 heterocycles. The van der Waals surface area contributed by atoms with E-state index >= 15 is 0 Å². The van der Waals surface area contributed by atoms with Crippen molar-refractivity contribution >= 4 is 23.4 Å². The van der Waals surface area contributed by atoms with Crippen LogP contribution in [0.4, 0.5) is 0 Å². The SMILES string of the molecule is O=C(COc1ccc(Cl)cc1)NNC(=O)c1ccccc1OCc1ccccc1. The van der Waals surface area contributed by atoms with Crippen molar-refractivity contribution in [2.24, 2.45) is 0 Å².